The third-order valence-electron chi connectivity index (χ3n) is 3.61. The predicted octanol–water partition coefficient (Wildman–Crippen LogP) is 5.09. The number of rotatable bonds is 3. The summed E-state index contributed by atoms with van der Waals surface area (Å²) in [4.78, 5) is 2.45. The summed E-state index contributed by atoms with van der Waals surface area (Å²) in [6.45, 7) is 2.34. The summed E-state index contributed by atoms with van der Waals surface area (Å²) in [7, 11) is 0. The molecule has 1 aliphatic rings. The van der Waals surface area contributed by atoms with Gasteiger partial charge in [-0.1, -0.05) is 18.2 Å². The van der Waals surface area contributed by atoms with Gasteiger partial charge in [-0.05, 0) is 55.7 Å². The number of benzene rings is 2. The first-order chi connectivity index (χ1) is 9.92. The molecule has 0 saturated carbocycles. The van der Waals surface area contributed by atoms with Crippen molar-refractivity contribution >= 4 is 17.1 Å². The van der Waals surface area contributed by atoms with Crippen LogP contribution in [0.3, 0.4) is 0 Å². The molecule has 3 nitrogen and oxygen atoms in total. The van der Waals surface area contributed by atoms with E-state index in [9.17, 15) is 0 Å². The second-order valence-corrected chi connectivity index (χ2v) is 5.10. The molecule has 1 aliphatic heterocycles. The molecule has 1 saturated heterocycles. The molecule has 3 rings (SSSR count). The molecule has 0 bridgehead atoms. The zero-order chi connectivity index (χ0) is 13.6. The second kappa shape index (κ2) is 6.33. The standard InChI is InChI=1S/C17H19N3/c1-3-7-15(8-4-1)18-19-16-9-11-17(12-10-16)20-13-5-2-6-14-20/h1,3-4,7-12H,2,5-6,13-14H2/b19-18+. The summed E-state index contributed by atoms with van der Waals surface area (Å²) >= 11 is 0. The van der Waals surface area contributed by atoms with Gasteiger partial charge in [0.25, 0.3) is 0 Å². The fourth-order valence-corrected chi connectivity index (χ4v) is 2.49. The Bertz CT molecular complexity index is 555. The van der Waals surface area contributed by atoms with Gasteiger partial charge in [-0.3, -0.25) is 0 Å². The zero-order valence-electron chi connectivity index (χ0n) is 11.6. The zero-order valence-corrected chi connectivity index (χ0v) is 11.6. The highest BCUT2D eigenvalue weighted by atomic mass is 15.1. The Kier molecular flexibility index (Phi) is 4.07. The van der Waals surface area contributed by atoms with Crippen LogP contribution < -0.4 is 4.90 Å². The summed E-state index contributed by atoms with van der Waals surface area (Å²) in [6, 6.07) is 18.2. The maximum atomic E-state index is 4.27. The molecule has 0 aromatic heterocycles. The Morgan fingerprint density at radius 1 is 0.650 bits per heavy atom. The molecular formula is C17H19N3. The Hall–Kier alpha value is -2.16. The summed E-state index contributed by atoms with van der Waals surface area (Å²) in [5.74, 6) is 0. The van der Waals surface area contributed by atoms with E-state index in [1.54, 1.807) is 0 Å². The van der Waals surface area contributed by atoms with Crippen LogP contribution in [0.2, 0.25) is 0 Å². The molecule has 0 unspecified atom stereocenters. The minimum absolute atomic E-state index is 0.882. The first kappa shape index (κ1) is 12.9. The van der Waals surface area contributed by atoms with E-state index in [1.165, 1.54) is 38.0 Å². The lowest BCUT2D eigenvalue weighted by Gasteiger charge is -2.28. The number of azo groups is 1. The van der Waals surface area contributed by atoms with Crippen molar-refractivity contribution in [3.63, 3.8) is 0 Å². The molecule has 1 fully saturated rings. The average Bonchev–Trinajstić information content (AvgIpc) is 2.55. The molecule has 3 heteroatoms. The first-order valence-corrected chi connectivity index (χ1v) is 7.24. The fourth-order valence-electron chi connectivity index (χ4n) is 2.49. The SMILES string of the molecule is c1ccc(/N=N/c2ccc(N3CCCCC3)cc2)cc1. The Labute approximate surface area is 120 Å². The van der Waals surface area contributed by atoms with Crippen LogP contribution in [0.15, 0.2) is 64.8 Å². The van der Waals surface area contributed by atoms with Crippen molar-refractivity contribution in [3.8, 4) is 0 Å². The van der Waals surface area contributed by atoms with Crippen LogP contribution >= 0.6 is 0 Å². The molecule has 2 aromatic carbocycles. The molecule has 102 valence electrons. The minimum Gasteiger partial charge on any atom is -0.372 e. The molecule has 2 aromatic rings. The van der Waals surface area contributed by atoms with Crippen LogP contribution in [0.1, 0.15) is 19.3 Å². The molecule has 20 heavy (non-hydrogen) atoms. The van der Waals surface area contributed by atoms with E-state index in [0.29, 0.717) is 0 Å². The van der Waals surface area contributed by atoms with Gasteiger partial charge in [-0.15, -0.1) is 0 Å². The summed E-state index contributed by atoms with van der Waals surface area (Å²) in [6.07, 6.45) is 3.96. The largest absolute Gasteiger partial charge is 0.372 e. The number of anilines is 1. The number of hydrogen-bond donors (Lipinski definition) is 0. The number of hydrogen-bond acceptors (Lipinski definition) is 3. The summed E-state index contributed by atoms with van der Waals surface area (Å²) in [5.41, 5.74) is 3.07. The highest BCUT2D eigenvalue weighted by molar-refractivity contribution is 5.53. The molecular weight excluding hydrogens is 246 g/mol. The van der Waals surface area contributed by atoms with Crippen molar-refractivity contribution in [2.24, 2.45) is 10.2 Å². The Balaban J connectivity index is 1.68. The van der Waals surface area contributed by atoms with Crippen molar-refractivity contribution in [3.05, 3.63) is 54.6 Å². The van der Waals surface area contributed by atoms with Crippen LogP contribution in [0, 0.1) is 0 Å². The predicted molar refractivity (Wildman–Crippen MR) is 83.1 cm³/mol. The third-order valence-corrected chi connectivity index (χ3v) is 3.61. The molecule has 0 N–H and O–H groups in total. The van der Waals surface area contributed by atoms with Crippen LogP contribution in [0.4, 0.5) is 17.1 Å². The minimum atomic E-state index is 0.882. The highest BCUT2D eigenvalue weighted by Gasteiger charge is 2.10. The van der Waals surface area contributed by atoms with Gasteiger partial charge >= 0.3 is 0 Å². The van der Waals surface area contributed by atoms with Crippen LogP contribution in [-0.2, 0) is 0 Å². The van der Waals surface area contributed by atoms with Crippen LogP contribution in [0.5, 0.6) is 0 Å². The first-order valence-electron chi connectivity index (χ1n) is 7.24. The van der Waals surface area contributed by atoms with Crippen molar-refractivity contribution in [2.45, 2.75) is 19.3 Å². The van der Waals surface area contributed by atoms with Gasteiger partial charge in [-0.25, -0.2) is 0 Å². The lowest BCUT2D eigenvalue weighted by Crippen LogP contribution is -2.29. The molecule has 0 radical (unpaired) electrons. The van der Waals surface area contributed by atoms with Crippen molar-refractivity contribution in [1.82, 2.24) is 0 Å². The second-order valence-electron chi connectivity index (χ2n) is 5.10. The smallest absolute Gasteiger partial charge is 0.0858 e. The summed E-state index contributed by atoms with van der Waals surface area (Å²) < 4.78 is 0. The molecule has 0 aliphatic carbocycles. The van der Waals surface area contributed by atoms with Gasteiger partial charge < -0.3 is 4.90 Å². The van der Waals surface area contributed by atoms with Gasteiger partial charge in [0.15, 0.2) is 0 Å². The maximum absolute atomic E-state index is 4.27. The monoisotopic (exact) mass is 265 g/mol. The van der Waals surface area contributed by atoms with Crippen LogP contribution in [-0.4, -0.2) is 13.1 Å². The number of piperidine rings is 1. The highest BCUT2D eigenvalue weighted by Crippen LogP contribution is 2.24. The molecule has 0 spiro atoms. The lowest BCUT2D eigenvalue weighted by molar-refractivity contribution is 0.578. The third kappa shape index (κ3) is 3.23. The van der Waals surface area contributed by atoms with Gasteiger partial charge in [0.2, 0.25) is 0 Å². The van der Waals surface area contributed by atoms with E-state index in [1.807, 2.05) is 42.5 Å². The van der Waals surface area contributed by atoms with Gasteiger partial charge in [0.1, 0.15) is 0 Å². The van der Waals surface area contributed by atoms with E-state index in [2.05, 4.69) is 27.3 Å². The average molecular weight is 265 g/mol. The van der Waals surface area contributed by atoms with E-state index >= 15 is 0 Å². The van der Waals surface area contributed by atoms with Crippen molar-refractivity contribution in [1.29, 1.82) is 0 Å². The van der Waals surface area contributed by atoms with E-state index in [-0.39, 0.29) is 0 Å². The van der Waals surface area contributed by atoms with Gasteiger partial charge in [0.05, 0.1) is 11.4 Å². The lowest BCUT2D eigenvalue weighted by atomic mass is 10.1. The van der Waals surface area contributed by atoms with E-state index in [0.717, 1.165) is 11.4 Å². The van der Waals surface area contributed by atoms with Gasteiger partial charge in [0, 0.05) is 18.8 Å². The topological polar surface area (TPSA) is 28.0 Å². The Morgan fingerprint density at radius 2 is 1.25 bits per heavy atom. The van der Waals surface area contributed by atoms with E-state index < -0.39 is 0 Å². The molecule has 0 atom stereocenters. The molecule has 1 heterocycles. The van der Waals surface area contributed by atoms with Gasteiger partial charge in [-0.2, -0.15) is 10.2 Å². The normalized spacial score (nSPS) is 15.7. The van der Waals surface area contributed by atoms with Crippen LogP contribution in [0.25, 0.3) is 0 Å². The number of nitrogens with zero attached hydrogens (tertiary/aromatic N) is 3. The summed E-state index contributed by atoms with van der Waals surface area (Å²) in [5, 5.41) is 8.50. The maximum Gasteiger partial charge on any atom is 0.0858 e. The van der Waals surface area contributed by atoms with E-state index in [4.69, 9.17) is 0 Å². The quantitative estimate of drug-likeness (QED) is 0.710. The van der Waals surface area contributed by atoms with Crippen molar-refractivity contribution < 1.29 is 0 Å². The fraction of sp³-hybridized carbons (Fsp3) is 0.294. The Morgan fingerprint density at radius 3 is 1.90 bits per heavy atom. The van der Waals surface area contributed by atoms with Crippen molar-refractivity contribution in [2.75, 3.05) is 18.0 Å². The molecule has 0 amide bonds.